The van der Waals surface area contributed by atoms with Crippen molar-refractivity contribution in [3.05, 3.63) is 120 Å². The predicted molar refractivity (Wildman–Crippen MR) is 160 cm³/mol. The van der Waals surface area contributed by atoms with E-state index in [0.29, 0.717) is 43.3 Å². The van der Waals surface area contributed by atoms with Crippen LogP contribution in [-0.4, -0.2) is 31.1 Å². The van der Waals surface area contributed by atoms with E-state index in [-0.39, 0.29) is 11.8 Å². The van der Waals surface area contributed by atoms with E-state index >= 15 is 0 Å². The summed E-state index contributed by atoms with van der Waals surface area (Å²) in [6, 6.07) is 32.4. The molecule has 0 bridgehead atoms. The molecular weight excluding hydrogens is 516 g/mol. The Labute approximate surface area is 240 Å². The average molecular weight is 549 g/mol. The van der Waals surface area contributed by atoms with E-state index in [4.69, 9.17) is 14.2 Å². The van der Waals surface area contributed by atoms with E-state index in [1.165, 1.54) is 6.08 Å². The number of para-hydroxylation sites is 1. The number of benzene rings is 4. The number of ether oxygens (including phenoxy) is 3. The maximum absolute atomic E-state index is 12.9. The summed E-state index contributed by atoms with van der Waals surface area (Å²) in [6.07, 6.45) is 3.27. The van der Waals surface area contributed by atoms with Crippen LogP contribution < -0.4 is 24.4 Å². The van der Waals surface area contributed by atoms with Crippen molar-refractivity contribution in [3.63, 3.8) is 0 Å². The Morgan fingerprint density at radius 2 is 1.61 bits per heavy atom. The summed E-state index contributed by atoms with van der Waals surface area (Å²) >= 11 is 0. The van der Waals surface area contributed by atoms with Crippen molar-refractivity contribution in [1.29, 1.82) is 0 Å². The van der Waals surface area contributed by atoms with Gasteiger partial charge in [0.15, 0.2) is 6.10 Å². The van der Waals surface area contributed by atoms with E-state index in [9.17, 15) is 9.59 Å². The molecule has 1 unspecified atom stereocenters. The van der Waals surface area contributed by atoms with Gasteiger partial charge >= 0.3 is 0 Å². The molecule has 1 aliphatic rings. The van der Waals surface area contributed by atoms with Gasteiger partial charge in [0, 0.05) is 18.3 Å². The van der Waals surface area contributed by atoms with Crippen LogP contribution in [0.2, 0.25) is 0 Å². The molecule has 0 radical (unpaired) electrons. The van der Waals surface area contributed by atoms with Gasteiger partial charge in [0.25, 0.3) is 5.91 Å². The normalized spacial score (nSPS) is 14.3. The molecule has 7 nitrogen and oxygen atoms in total. The highest BCUT2D eigenvalue weighted by Gasteiger charge is 2.31. The molecule has 0 fully saturated rings. The van der Waals surface area contributed by atoms with Crippen LogP contribution in [0, 0.1) is 0 Å². The van der Waals surface area contributed by atoms with Crippen molar-refractivity contribution >= 4 is 29.3 Å². The molecule has 4 aromatic rings. The van der Waals surface area contributed by atoms with Gasteiger partial charge in [-0.3, -0.25) is 9.59 Å². The fourth-order valence-electron chi connectivity index (χ4n) is 4.42. The molecule has 0 spiro atoms. The molecule has 0 aliphatic carbocycles. The number of anilines is 2. The number of nitrogens with zero attached hydrogens (tertiary/aromatic N) is 1. The maximum atomic E-state index is 12.9. The molecule has 4 aromatic carbocycles. The molecule has 0 saturated heterocycles. The zero-order valence-electron chi connectivity index (χ0n) is 22.9. The molecular formula is C34H32N2O5. The topological polar surface area (TPSA) is 77.1 Å². The molecule has 2 amide bonds. The van der Waals surface area contributed by atoms with Gasteiger partial charge in [0.2, 0.25) is 5.91 Å². The summed E-state index contributed by atoms with van der Waals surface area (Å²) in [5, 5.41) is 2.88. The number of carbonyl (C=O) groups excluding carboxylic acids is 2. The van der Waals surface area contributed by atoms with Crippen LogP contribution in [-0.2, 0) is 16.2 Å². The van der Waals surface area contributed by atoms with Gasteiger partial charge in [0.1, 0.15) is 23.9 Å². The van der Waals surface area contributed by atoms with Crippen LogP contribution in [0.25, 0.3) is 6.08 Å². The first-order valence-corrected chi connectivity index (χ1v) is 13.6. The van der Waals surface area contributed by atoms with Crippen LogP contribution in [0.5, 0.6) is 17.2 Å². The third-order valence-electron chi connectivity index (χ3n) is 6.53. The molecule has 5 rings (SSSR count). The fraction of sp³-hybridized carbons (Fsp3) is 0.176. The van der Waals surface area contributed by atoms with Crippen LogP contribution in [0.1, 0.15) is 24.5 Å². The van der Waals surface area contributed by atoms with E-state index < -0.39 is 6.10 Å². The standard InChI is InChI=1S/C34H32N2O5/c1-25-34(38)36(21-8-22-39-29-11-6-3-7-12-29)31-23-28(16-19-32(31)41-25)35-33(37)20-15-26-13-17-30(18-14-26)40-24-27-9-4-2-5-10-27/h2-7,9-20,23,25H,8,21-22,24H2,1H3,(H,35,37)/b20-15+. The van der Waals surface area contributed by atoms with Crippen molar-refractivity contribution in [2.24, 2.45) is 0 Å². The van der Waals surface area contributed by atoms with Crippen molar-refractivity contribution in [3.8, 4) is 17.2 Å². The van der Waals surface area contributed by atoms with E-state index in [0.717, 1.165) is 22.6 Å². The van der Waals surface area contributed by atoms with Gasteiger partial charge in [0.05, 0.1) is 12.3 Å². The van der Waals surface area contributed by atoms with Crippen LogP contribution in [0.3, 0.4) is 0 Å². The molecule has 1 atom stereocenters. The predicted octanol–water partition coefficient (Wildman–Crippen LogP) is 6.50. The van der Waals surface area contributed by atoms with E-state index in [1.54, 1.807) is 36.1 Å². The van der Waals surface area contributed by atoms with Gasteiger partial charge in [-0.15, -0.1) is 0 Å². The average Bonchev–Trinajstić information content (AvgIpc) is 3.00. The van der Waals surface area contributed by atoms with Crippen molar-refractivity contribution < 1.29 is 23.8 Å². The maximum Gasteiger partial charge on any atom is 0.267 e. The zero-order valence-corrected chi connectivity index (χ0v) is 22.9. The number of carbonyl (C=O) groups is 2. The highest BCUT2D eigenvalue weighted by Crippen LogP contribution is 2.36. The monoisotopic (exact) mass is 548 g/mol. The lowest BCUT2D eigenvalue weighted by molar-refractivity contribution is -0.125. The molecule has 0 saturated carbocycles. The zero-order chi connectivity index (χ0) is 28.4. The number of fused-ring (bicyclic) bond motifs is 1. The molecule has 208 valence electrons. The minimum absolute atomic E-state index is 0.128. The molecule has 41 heavy (non-hydrogen) atoms. The third-order valence-corrected chi connectivity index (χ3v) is 6.53. The van der Waals surface area contributed by atoms with Gasteiger partial charge in [-0.1, -0.05) is 60.7 Å². The van der Waals surface area contributed by atoms with E-state index in [1.807, 2.05) is 84.9 Å². The number of amides is 2. The van der Waals surface area contributed by atoms with Crippen molar-refractivity contribution in [1.82, 2.24) is 0 Å². The first-order valence-electron chi connectivity index (χ1n) is 13.6. The summed E-state index contributed by atoms with van der Waals surface area (Å²) in [6.45, 7) is 3.17. The van der Waals surface area contributed by atoms with Gasteiger partial charge in [-0.05, 0) is 73.0 Å². The fourth-order valence-corrected chi connectivity index (χ4v) is 4.42. The second-order valence-corrected chi connectivity index (χ2v) is 9.61. The molecule has 7 heteroatoms. The smallest absolute Gasteiger partial charge is 0.267 e. The lowest BCUT2D eigenvalue weighted by Gasteiger charge is -2.33. The molecule has 0 aromatic heterocycles. The number of nitrogens with one attached hydrogen (secondary N) is 1. The van der Waals surface area contributed by atoms with Crippen LogP contribution in [0.15, 0.2) is 109 Å². The minimum atomic E-state index is -0.587. The highest BCUT2D eigenvalue weighted by molar-refractivity contribution is 6.04. The van der Waals surface area contributed by atoms with Crippen LogP contribution >= 0.6 is 0 Å². The Balaban J connectivity index is 1.17. The quantitative estimate of drug-likeness (QED) is 0.171. The summed E-state index contributed by atoms with van der Waals surface area (Å²) in [4.78, 5) is 27.3. The molecule has 1 N–H and O–H groups in total. The lowest BCUT2D eigenvalue weighted by atomic mass is 10.1. The molecule has 1 heterocycles. The largest absolute Gasteiger partial charge is 0.494 e. The Morgan fingerprint density at radius 3 is 2.37 bits per heavy atom. The summed E-state index contributed by atoms with van der Waals surface area (Å²) in [5.74, 6) is 1.74. The highest BCUT2D eigenvalue weighted by atomic mass is 16.5. The minimum Gasteiger partial charge on any atom is -0.494 e. The summed E-state index contributed by atoms with van der Waals surface area (Å²) in [7, 11) is 0. The summed E-state index contributed by atoms with van der Waals surface area (Å²) in [5.41, 5.74) is 3.16. The summed E-state index contributed by atoms with van der Waals surface area (Å²) < 4.78 is 17.4. The Kier molecular flexibility index (Phi) is 8.96. The van der Waals surface area contributed by atoms with Gasteiger partial charge in [-0.25, -0.2) is 0 Å². The van der Waals surface area contributed by atoms with Gasteiger partial charge in [-0.2, -0.15) is 0 Å². The second kappa shape index (κ2) is 13.3. The number of hydrogen-bond donors (Lipinski definition) is 1. The van der Waals surface area contributed by atoms with Crippen molar-refractivity contribution in [2.45, 2.75) is 26.1 Å². The Morgan fingerprint density at radius 1 is 0.902 bits per heavy atom. The van der Waals surface area contributed by atoms with Crippen molar-refractivity contribution in [2.75, 3.05) is 23.4 Å². The second-order valence-electron chi connectivity index (χ2n) is 9.61. The van der Waals surface area contributed by atoms with E-state index in [2.05, 4.69) is 5.32 Å². The Hall–Kier alpha value is -5.04. The number of hydrogen-bond acceptors (Lipinski definition) is 5. The molecule has 1 aliphatic heterocycles. The SMILES string of the molecule is CC1Oc2ccc(NC(=O)/C=C/c3ccc(OCc4ccccc4)cc3)cc2N(CCCOc2ccccc2)C1=O. The van der Waals surface area contributed by atoms with Crippen LogP contribution in [0.4, 0.5) is 11.4 Å². The first-order chi connectivity index (χ1) is 20.0. The van der Waals surface area contributed by atoms with Gasteiger partial charge < -0.3 is 24.4 Å². The Bertz CT molecular complexity index is 1490. The first kappa shape index (κ1) is 27.5. The lowest BCUT2D eigenvalue weighted by Crippen LogP contribution is -2.45. The number of rotatable bonds is 11. The third kappa shape index (κ3) is 7.54.